The van der Waals surface area contributed by atoms with E-state index in [0.29, 0.717) is 27.9 Å². The number of benzene rings is 2. The summed E-state index contributed by atoms with van der Waals surface area (Å²) in [4.78, 5) is -0.0523. The van der Waals surface area contributed by atoms with E-state index in [4.69, 9.17) is 5.14 Å². The number of halogens is 1. The van der Waals surface area contributed by atoms with Gasteiger partial charge in [-0.25, -0.2) is 17.9 Å². The van der Waals surface area contributed by atoms with Crippen molar-refractivity contribution >= 4 is 10.0 Å². The molecule has 0 unspecified atom stereocenters. The van der Waals surface area contributed by atoms with Gasteiger partial charge in [-0.3, -0.25) is 0 Å². The van der Waals surface area contributed by atoms with Gasteiger partial charge in [-0.2, -0.15) is 9.78 Å². The van der Waals surface area contributed by atoms with Crippen LogP contribution < -0.4 is 5.14 Å². The predicted octanol–water partition coefficient (Wildman–Crippen LogP) is 3.14. The minimum Gasteiger partial charge on any atom is -0.225 e. The number of nitrogens with two attached hydrogens (primary N) is 1. The van der Waals surface area contributed by atoms with Gasteiger partial charge in [-0.1, -0.05) is 36.3 Å². The van der Waals surface area contributed by atoms with Crippen molar-refractivity contribution in [1.29, 1.82) is 0 Å². The summed E-state index contributed by atoms with van der Waals surface area (Å²) in [6, 6.07) is 13.9. The standard InChI is InChI=1S/C19H16FN3O2S/c1-3-10-23-12-16(14-9-8-13(2)17(20)11-14)19(22-23)15-6-4-5-7-18(15)26(21,24)25/h4-9,11-12H,1-2H3,(H2,21,24,25). The van der Waals surface area contributed by atoms with Crippen molar-refractivity contribution in [3.05, 3.63) is 60.0 Å². The van der Waals surface area contributed by atoms with Gasteiger partial charge < -0.3 is 0 Å². The van der Waals surface area contributed by atoms with Gasteiger partial charge in [0.05, 0.1) is 4.90 Å². The van der Waals surface area contributed by atoms with Crippen molar-refractivity contribution in [2.24, 2.45) is 5.14 Å². The van der Waals surface area contributed by atoms with E-state index in [9.17, 15) is 12.8 Å². The molecule has 0 bridgehead atoms. The molecule has 0 spiro atoms. The molecule has 0 aliphatic heterocycles. The van der Waals surface area contributed by atoms with Gasteiger partial charge in [0, 0.05) is 23.4 Å². The lowest BCUT2D eigenvalue weighted by atomic mass is 10.0. The highest BCUT2D eigenvalue weighted by Gasteiger charge is 2.21. The Balaban J connectivity index is 2.32. The largest absolute Gasteiger partial charge is 0.238 e. The Hall–Kier alpha value is -2.95. The number of hydrogen-bond donors (Lipinski definition) is 1. The van der Waals surface area contributed by atoms with Gasteiger partial charge in [0.1, 0.15) is 11.5 Å². The number of hydrogen-bond acceptors (Lipinski definition) is 3. The highest BCUT2D eigenvalue weighted by atomic mass is 32.2. The van der Waals surface area contributed by atoms with Crippen molar-refractivity contribution in [2.45, 2.75) is 18.7 Å². The summed E-state index contributed by atoms with van der Waals surface area (Å²) in [6.07, 6.45) is 1.63. The van der Waals surface area contributed by atoms with Crippen LogP contribution >= 0.6 is 0 Å². The lowest BCUT2D eigenvalue weighted by Gasteiger charge is -2.08. The predicted molar refractivity (Wildman–Crippen MR) is 98.0 cm³/mol. The van der Waals surface area contributed by atoms with Crippen molar-refractivity contribution in [3.8, 4) is 34.3 Å². The van der Waals surface area contributed by atoms with E-state index in [1.54, 1.807) is 50.4 Å². The lowest BCUT2D eigenvalue weighted by Crippen LogP contribution is -2.13. The van der Waals surface area contributed by atoms with E-state index < -0.39 is 10.0 Å². The zero-order valence-corrected chi connectivity index (χ0v) is 15.0. The van der Waals surface area contributed by atoms with E-state index in [-0.39, 0.29) is 10.7 Å². The number of rotatable bonds is 3. The lowest BCUT2D eigenvalue weighted by molar-refractivity contribution is 0.598. The Labute approximate surface area is 151 Å². The maximum atomic E-state index is 14.1. The van der Waals surface area contributed by atoms with Gasteiger partial charge in [0.15, 0.2) is 0 Å². The highest BCUT2D eigenvalue weighted by molar-refractivity contribution is 7.89. The van der Waals surface area contributed by atoms with Crippen molar-refractivity contribution in [1.82, 2.24) is 9.78 Å². The average molecular weight is 369 g/mol. The van der Waals surface area contributed by atoms with Crippen LogP contribution in [0.2, 0.25) is 0 Å². The van der Waals surface area contributed by atoms with Crippen molar-refractivity contribution in [3.63, 3.8) is 0 Å². The van der Waals surface area contributed by atoms with Gasteiger partial charge in [0.25, 0.3) is 0 Å². The first-order chi connectivity index (χ1) is 12.3. The van der Waals surface area contributed by atoms with Crippen LogP contribution in [0.15, 0.2) is 53.6 Å². The first-order valence-electron chi connectivity index (χ1n) is 7.72. The summed E-state index contributed by atoms with van der Waals surface area (Å²) in [5.74, 6) is 2.37. The first-order valence-corrected chi connectivity index (χ1v) is 9.27. The fourth-order valence-corrected chi connectivity index (χ4v) is 3.37. The number of aromatic nitrogens is 2. The molecular formula is C19H16FN3O2S. The molecule has 3 rings (SSSR count). The van der Waals surface area contributed by atoms with E-state index in [1.165, 1.54) is 16.8 Å². The maximum absolute atomic E-state index is 14.1. The summed E-state index contributed by atoms with van der Waals surface area (Å²) in [6.45, 7) is 3.33. The summed E-state index contributed by atoms with van der Waals surface area (Å²) in [7, 11) is -3.96. The molecule has 1 heterocycles. The third-order valence-electron chi connectivity index (χ3n) is 3.87. The average Bonchev–Trinajstić information content (AvgIpc) is 3.01. The highest BCUT2D eigenvalue weighted by Crippen LogP contribution is 2.34. The quantitative estimate of drug-likeness (QED) is 0.721. The molecule has 3 aromatic rings. The van der Waals surface area contributed by atoms with E-state index in [0.717, 1.165) is 0 Å². The van der Waals surface area contributed by atoms with Crippen molar-refractivity contribution in [2.75, 3.05) is 0 Å². The summed E-state index contributed by atoms with van der Waals surface area (Å²) in [5, 5.41) is 9.72. The molecule has 2 aromatic carbocycles. The van der Waals surface area contributed by atoms with E-state index in [2.05, 4.69) is 17.1 Å². The Morgan fingerprint density at radius 1 is 1.15 bits per heavy atom. The van der Waals surface area contributed by atoms with Gasteiger partial charge >= 0.3 is 0 Å². The molecule has 5 nitrogen and oxygen atoms in total. The zero-order valence-electron chi connectivity index (χ0n) is 14.2. The Morgan fingerprint density at radius 3 is 2.54 bits per heavy atom. The van der Waals surface area contributed by atoms with Gasteiger partial charge in [-0.05, 0) is 37.1 Å². The van der Waals surface area contributed by atoms with Crippen LogP contribution in [0.4, 0.5) is 4.39 Å². The molecule has 2 N–H and O–H groups in total. The number of aryl methyl sites for hydroxylation is 1. The second kappa shape index (κ2) is 6.75. The Bertz CT molecular complexity index is 1160. The van der Waals surface area contributed by atoms with Gasteiger partial charge in [-0.15, -0.1) is 0 Å². The monoisotopic (exact) mass is 369 g/mol. The molecule has 0 fully saturated rings. The molecule has 0 atom stereocenters. The van der Waals surface area contributed by atoms with Crippen LogP contribution in [-0.4, -0.2) is 18.2 Å². The number of primary sulfonamides is 1. The molecule has 0 aliphatic rings. The molecular weight excluding hydrogens is 353 g/mol. The van der Waals surface area contributed by atoms with Gasteiger partial charge in [0.2, 0.25) is 10.0 Å². The minimum absolute atomic E-state index is 0.0523. The number of nitrogens with zero attached hydrogens (tertiary/aromatic N) is 2. The van der Waals surface area contributed by atoms with E-state index in [1.807, 2.05) is 0 Å². The molecule has 7 heteroatoms. The smallest absolute Gasteiger partial charge is 0.225 e. The molecule has 0 radical (unpaired) electrons. The normalized spacial score (nSPS) is 11.1. The molecule has 0 amide bonds. The SMILES string of the molecule is CC#Cn1cc(-c2ccc(C)c(F)c2)c(-c2ccccc2S(N)(=O)=O)n1. The Morgan fingerprint density at radius 2 is 1.88 bits per heavy atom. The second-order valence-electron chi connectivity index (χ2n) is 5.70. The molecule has 132 valence electrons. The molecule has 0 saturated carbocycles. The Kier molecular flexibility index (Phi) is 4.64. The fourth-order valence-electron chi connectivity index (χ4n) is 2.63. The van der Waals surface area contributed by atoms with Crippen LogP contribution in [-0.2, 0) is 10.0 Å². The third kappa shape index (κ3) is 3.38. The molecule has 26 heavy (non-hydrogen) atoms. The van der Waals surface area contributed by atoms with Crippen LogP contribution in [0.25, 0.3) is 22.4 Å². The van der Waals surface area contributed by atoms with Crippen LogP contribution in [0.5, 0.6) is 0 Å². The van der Waals surface area contributed by atoms with Crippen molar-refractivity contribution < 1.29 is 12.8 Å². The topological polar surface area (TPSA) is 78.0 Å². The second-order valence-corrected chi connectivity index (χ2v) is 7.23. The minimum atomic E-state index is -3.96. The van der Waals surface area contributed by atoms with Crippen LogP contribution in [0.3, 0.4) is 0 Å². The zero-order chi connectivity index (χ0) is 18.9. The first kappa shape index (κ1) is 17.9. The maximum Gasteiger partial charge on any atom is 0.238 e. The van der Waals surface area contributed by atoms with Crippen LogP contribution in [0.1, 0.15) is 12.5 Å². The molecule has 1 aromatic heterocycles. The number of sulfonamides is 1. The summed E-state index contributed by atoms with van der Waals surface area (Å²) < 4.78 is 39.4. The fraction of sp³-hybridized carbons (Fsp3) is 0.105. The molecule has 0 aliphatic carbocycles. The summed E-state index contributed by atoms with van der Waals surface area (Å²) in [5.41, 5.74) is 2.34. The molecule has 0 saturated heterocycles. The summed E-state index contributed by atoms with van der Waals surface area (Å²) >= 11 is 0. The third-order valence-corrected chi connectivity index (χ3v) is 4.84. The van der Waals surface area contributed by atoms with Crippen LogP contribution in [0, 0.1) is 24.7 Å². The van der Waals surface area contributed by atoms with E-state index >= 15 is 0 Å².